The van der Waals surface area contributed by atoms with Crippen molar-refractivity contribution >= 4 is 17.2 Å². The van der Waals surface area contributed by atoms with E-state index < -0.39 is 0 Å². The minimum absolute atomic E-state index is 0.00296. The number of hydrogen-bond acceptors (Lipinski definition) is 3. The van der Waals surface area contributed by atoms with Crippen LogP contribution in [0.4, 0.5) is 5.69 Å². The Balaban J connectivity index is 1.24. The van der Waals surface area contributed by atoms with Gasteiger partial charge in [-0.25, -0.2) is 9.50 Å². The van der Waals surface area contributed by atoms with Gasteiger partial charge in [0.15, 0.2) is 5.65 Å². The van der Waals surface area contributed by atoms with Gasteiger partial charge >= 0.3 is 0 Å². The molecule has 1 aliphatic rings. The SMILES string of the molecule is O=C(Cc1ccc(-c2ccn3ncnc3c2)cc1)Nc1ccc(C2CC2)cc1. The van der Waals surface area contributed by atoms with E-state index in [1.165, 1.54) is 18.4 Å². The number of nitrogens with zero attached hydrogens (tertiary/aromatic N) is 3. The highest BCUT2D eigenvalue weighted by Gasteiger charge is 2.22. The predicted molar refractivity (Wildman–Crippen MR) is 109 cm³/mol. The quantitative estimate of drug-likeness (QED) is 0.566. The molecular formula is C23H20N4O. The fraction of sp³-hybridized carbons (Fsp3) is 0.174. The summed E-state index contributed by atoms with van der Waals surface area (Å²) in [6.45, 7) is 0. The molecule has 0 atom stereocenters. The molecular weight excluding hydrogens is 348 g/mol. The van der Waals surface area contributed by atoms with E-state index in [1.807, 2.05) is 54.7 Å². The van der Waals surface area contributed by atoms with Crippen LogP contribution in [0.1, 0.15) is 29.9 Å². The molecule has 2 aromatic heterocycles. The predicted octanol–water partition coefficient (Wildman–Crippen LogP) is 4.45. The lowest BCUT2D eigenvalue weighted by atomic mass is 10.0. The number of hydrogen-bond donors (Lipinski definition) is 1. The maximum atomic E-state index is 12.4. The lowest BCUT2D eigenvalue weighted by Crippen LogP contribution is -2.14. The molecule has 2 aromatic carbocycles. The van der Waals surface area contributed by atoms with Gasteiger partial charge in [-0.05, 0) is 65.3 Å². The molecule has 1 saturated carbocycles. The standard InChI is InChI=1S/C23H20N4O/c28-23(26-21-9-7-18(8-10-21)17-5-6-17)13-16-1-3-19(4-2-16)20-11-12-27-22(14-20)24-15-25-27/h1-4,7-12,14-15,17H,5-6,13H2,(H,26,28). The molecule has 5 heteroatoms. The molecule has 5 nitrogen and oxygen atoms in total. The van der Waals surface area contributed by atoms with Crippen LogP contribution >= 0.6 is 0 Å². The van der Waals surface area contributed by atoms with E-state index >= 15 is 0 Å². The summed E-state index contributed by atoms with van der Waals surface area (Å²) in [6.07, 6.45) is 6.37. The number of nitrogens with one attached hydrogen (secondary N) is 1. The van der Waals surface area contributed by atoms with Gasteiger partial charge in [-0.1, -0.05) is 36.4 Å². The highest BCUT2D eigenvalue weighted by Crippen LogP contribution is 2.40. The third kappa shape index (κ3) is 3.51. The maximum Gasteiger partial charge on any atom is 0.228 e. The van der Waals surface area contributed by atoms with Crippen molar-refractivity contribution < 1.29 is 4.79 Å². The topological polar surface area (TPSA) is 59.3 Å². The summed E-state index contributed by atoms with van der Waals surface area (Å²) in [5.74, 6) is 0.727. The second kappa shape index (κ2) is 6.93. The first-order valence-corrected chi connectivity index (χ1v) is 9.53. The maximum absolute atomic E-state index is 12.4. The van der Waals surface area contributed by atoms with Crippen molar-refractivity contribution in [3.63, 3.8) is 0 Å². The van der Waals surface area contributed by atoms with Gasteiger partial charge in [0.2, 0.25) is 5.91 Å². The molecule has 0 saturated heterocycles. The Kier molecular flexibility index (Phi) is 4.13. The van der Waals surface area contributed by atoms with Gasteiger partial charge in [-0.3, -0.25) is 4.79 Å². The van der Waals surface area contributed by atoms with Crippen LogP contribution in [0.3, 0.4) is 0 Å². The van der Waals surface area contributed by atoms with E-state index in [9.17, 15) is 4.79 Å². The van der Waals surface area contributed by atoms with Crippen molar-refractivity contribution in [2.45, 2.75) is 25.2 Å². The number of amides is 1. The van der Waals surface area contributed by atoms with Crippen LogP contribution in [0.2, 0.25) is 0 Å². The van der Waals surface area contributed by atoms with Crippen molar-refractivity contribution in [3.8, 4) is 11.1 Å². The molecule has 0 unspecified atom stereocenters. The smallest absolute Gasteiger partial charge is 0.228 e. The molecule has 4 aromatic rings. The number of pyridine rings is 1. The molecule has 1 amide bonds. The Hall–Kier alpha value is -3.47. The Morgan fingerprint density at radius 1 is 1.00 bits per heavy atom. The monoisotopic (exact) mass is 368 g/mol. The summed E-state index contributed by atoms with van der Waals surface area (Å²) in [5.41, 5.74) is 6.19. The average molecular weight is 368 g/mol. The molecule has 1 fully saturated rings. The molecule has 5 rings (SSSR count). The zero-order valence-corrected chi connectivity index (χ0v) is 15.4. The normalized spacial score (nSPS) is 13.6. The van der Waals surface area contributed by atoms with Gasteiger partial charge in [-0.2, -0.15) is 5.10 Å². The zero-order chi connectivity index (χ0) is 18.9. The average Bonchev–Trinajstić information content (AvgIpc) is 3.46. The molecule has 1 aliphatic carbocycles. The first kappa shape index (κ1) is 16.7. The Labute approximate surface area is 163 Å². The van der Waals surface area contributed by atoms with E-state index in [2.05, 4.69) is 27.5 Å². The van der Waals surface area contributed by atoms with Crippen LogP contribution in [0.5, 0.6) is 0 Å². The summed E-state index contributed by atoms with van der Waals surface area (Å²) in [6, 6.07) is 20.3. The fourth-order valence-electron chi connectivity index (χ4n) is 3.46. The minimum Gasteiger partial charge on any atom is -0.326 e. The zero-order valence-electron chi connectivity index (χ0n) is 15.4. The molecule has 2 heterocycles. The van der Waals surface area contributed by atoms with Crippen LogP contribution < -0.4 is 5.32 Å². The second-order valence-corrected chi connectivity index (χ2v) is 7.30. The van der Waals surface area contributed by atoms with E-state index in [0.29, 0.717) is 6.42 Å². The van der Waals surface area contributed by atoms with Gasteiger partial charge in [0.25, 0.3) is 0 Å². The third-order valence-electron chi connectivity index (χ3n) is 5.18. The highest BCUT2D eigenvalue weighted by molar-refractivity contribution is 5.92. The van der Waals surface area contributed by atoms with Crippen LogP contribution in [0, 0.1) is 0 Å². The lowest BCUT2D eigenvalue weighted by molar-refractivity contribution is -0.115. The molecule has 1 N–H and O–H groups in total. The first-order valence-electron chi connectivity index (χ1n) is 9.53. The Morgan fingerprint density at radius 3 is 2.54 bits per heavy atom. The molecule has 28 heavy (non-hydrogen) atoms. The number of anilines is 1. The summed E-state index contributed by atoms with van der Waals surface area (Å²) in [7, 11) is 0. The molecule has 0 spiro atoms. The van der Waals surface area contributed by atoms with Gasteiger partial charge in [-0.15, -0.1) is 0 Å². The molecule has 0 aliphatic heterocycles. The Bertz CT molecular complexity index is 1130. The van der Waals surface area contributed by atoms with Crippen molar-refractivity contribution in [1.29, 1.82) is 0 Å². The summed E-state index contributed by atoms with van der Waals surface area (Å²) >= 11 is 0. The molecule has 0 radical (unpaired) electrons. The molecule has 0 bridgehead atoms. The largest absolute Gasteiger partial charge is 0.326 e. The van der Waals surface area contributed by atoms with Gasteiger partial charge in [0.05, 0.1) is 6.42 Å². The number of carbonyl (C=O) groups is 1. The van der Waals surface area contributed by atoms with Crippen molar-refractivity contribution in [1.82, 2.24) is 14.6 Å². The van der Waals surface area contributed by atoms with Crippen molar-refractivity contribution in [2.24, 2.45) is 0 Å². The number of carbonyl (C=O) groups excluding carboxylic acids is 1. The summed E-state index contributed by atoms with van der Waals surface area (Å²) in [5, 5.41) is 7.10. The van der Waals surface area contributed by atoms with Crippen molar-refractivity contribution in [3.05, 3.63) is 84.3 Å². The van der Waals surface area contributed by atoms with Crippen molar-refractivity contribution in [2.75, 3.05) is 5.32 Å². The fourth-order valence-corrected chi connectivity index (χ4v) is 3.46. The Morgan fingerprint density at radius 2 is 1.79 bits per heavy atom. The van der Waals surface area contributed by atoms with Crippen LogP contribution in [-0.2, 0) is 11.2 Å². The van der Waals surface area contributed by atoms with Crippen LogP contribution in [0.15, 0.2) is 73.2 Å². The second-order valence-electron chi connectivity index (χ2n) is 7.30. The lowest BCUT2D eigenvalue weighted by Gasteiger charge is -2.08. The van der Waals surface area contributed by atoms with E-state index in [0.717, 1.165) is 33.9 Å². The van der Waals surface area contributed by atoms with Crippen LogP contribution in [-0.4, -0.2) is 20.5 Å². The summed E-state index contributed by atoms with van der Waals surface area (Å²) < 4.78 is 1.74. The van der Waals surface area contributed by atoms with Gasteiger partial charge in [0.1, 0.15) is 6.33 Å². The van der Waals surface area contributed by atoms with E-state index in [4.69, 9.17) is 0 Å². The minimum atomic E-state index is -0.00296. The number of benzene rings is 2. The first-order chi connectivity index (χ1) is 13.7. The number of fused-ring (bicyclic) bond motifs is 1. The van der Waals surface area contributed by atoms with Crippen LogP contribution in [0.25, 0.3) is 16.8 Å². The molecule has 138 valence electrons. The number of aromatic nitrogens is 3. The highest BCUT2D eigenvalue weighted by atomic mass is 16.1. The summed E-state index contributed by atoms with van der Waals surface area (Å²) in [4.78, 5) is 16.6. The number of rotatable bonds is 5. The van der Waals surface area contributed by atoms with Gasteiger partial charge in [0, 0.05) is 11.9 Å². The third-order valence-corrected chi connectivity index (χ3v) is 5.18. The van der Waals surface area contributed by atoms with Gasteiger partial charge < -0.3 is 5.32 Å². The van der Waals surface area contributed by atoms with E-state index in [-0.39, 0.29) is 5.91 Å². The van der Waals surface area contributed by atoms with E-state index in [1.54, 1.807) is 10.8 Å².